The fourth-order valence-corrected chi connectivity index (χ4v) is 2.71. The number of nitrogens with two attached hydrogens (primary N) is 1. The number of alkyl halides is 1. The minimum absolute atomic E-state index is 0.0183. The summed E-state index contributed by atoms with van der Waals surface area (Å²) in [4.78, 5) is 10.9. The minimum Gasteiger partial charge on any atom is -0.463 e. The standard InChI is InChI=1S/C20H38ClNO3/c1-2-3-4-5-6-7-8-9-10-11-12-13-14-15-19(23)18(22)17-25-20(24)16-21/h14-15,18-19,23H,2-13,16-17,22H2,1H3. The largest absolute Gasteiger partial charge is 0.463 e. The highest BCUT2D eigenvalue weighted by Crippen LogP contribution is 2.12. The van der Waals surface area contributed by atoms with Gasteiger partial charge in [0.2, 0.25) is 0 Å². The highest BCUT2D eigenvalue weighted by molar-refractivity contribution is 6.26. The van der Waals surface area contributed by atoms with E-state index in [1.54, 1.807) is 6.08 Å². The number of unbranched alkanes of at least 4 members (excludes halogenated alkanes) is 11. The molecule has 0 aliphatic carbocycles. The average molecular weight is 376 g/mol. The second kappa shape index (κ2) is 18.2. The molecular weight excluding hydrogens is 338 g/mol. The molecule has 0 aliphatic heterocycles. The molecule has 0 aromatic carbocycles. The van der Waals surface area contributed by atoms with Crippen LogP contribution in [0.3, 0.4) is 0 Å². The van der Waals surface area contributed by atoms with Crippen LogP contribution < -0.4 is 5.73 Å². The van der Waals surface area contributed by atoms with E-state index in [1.165, 1.54) is 64.2 Å². The average Bonchev–Trinajstić information content (AvgIpc) is 2.62. The minimum atomic E-state index is -0.796. The fourth-order valence-electron chi connectivity index (χ4n) is 2.63. The highest BCUT2D eigenvalue weighted by atomic mass is 35.5. The molecule has 0 bridgehead atoms. The first kappa shape index (κ1) is 24.4. The summed E-state index contributed by atoms with van der Waals surface area (Å²) < 4.78 is 4.80. The molecule has 0 fully saturated rings. The van der Waals surface area contributed by atoms with Crippen LogP contribution in [0.25, 0.3) is 0 Å². The van der Waals surface area contributed by atoms with Crippen molar-refractivity contribution in [3.8, 4) is 0 Å². The molecule has 0 aromatic heterocycles. The summed E-state index contributed by atoms with van der Waals surface area (Å²) in [6.45, 7) is 2.24. The highest BCUT2D eigenvalue weighted by Gasteiger charge is 2.13. The molecule has 0 spiro atoms. The second-order valence-corrected chi connectivity index (χ2v) is 6.99. The van der Waals surface area contributed by atoms with Crippen LogP contribution in [-0.4, -0.2) is 35.7 Å². The predicted molar refractivity (Wildman–Crippen MR) is 106 cm³/mol. The molecule has 2 atom stereocenters. The van der Waals surface area contributed by atoms with Gasteiger partial charge in [0.25, 0.3) is 0 Å². The van der Waals surface area contributed by atoms with Gasteiger partial charge < -0.3 is 15.6 Å². The number of rotatable bonds is 17. The van der Waals surface area contributed by atoms with Crippen molar-refractivity contribution >= 4 is 17.6 Å². The zero-order valence-electron chi connectivity index (χ0n) is 15.9. The van der Waals surface area contributed by atoms with Gasteiger partial charge in [-0.3, -0.25) is 4.79 Å². The molecule has 0 aliphatic rings. The summed E-state index contributed by atoms with van der Waals surface area (Å²) in [5.41, 5.74) is 5.75. The number of allylic oxidation sites excluding steroid dienone is 1. The van der Waals surface area contributed by atoms with Gasteiger partial charge >= 0.3 is 5.97 Å². The van der Waals surface area contributed by atoms with Crippen molar-refractivity contribution in [2.24, 2.45) is 5.73 Å². The molecular formula is C20H38ClNO3. The van der Waals surface area contributed by atoms with E-state index in [-0.39, 0.29) is 12.5 Å². The number of ether oxygens (including phenoxy) is 1. The number of hydrogen-bond acceptors (Lipinski definition) is 4. The van der Waals surface area contributed by atoms with Gasteiger partial charge in [0.1, 0.15) is 12.5 Å². The molecule has 3 N–H and O–H groups in total. The SMILES string of the molecule is CCCCCCCCCCCCCC=CC(O)C(N)COC(=O)CCl. The van der Waals surface area contributed by atoms with Crippen LogP contribution in [0.4, 0.5) is 0 Å². The van der Waals surface area contributed by atoms with E-state index in [2.05, 4.69) is 6.92 Å². The number of hydrogen-bond donors (Lipinski definition) is 2. The second-order valence-electron chi connectivity index (χ2n) is 6.72. The maximum absolute atomic E-state index is 10.9. The van der Waals surface area contributed by atoms with Crippen molar-refractivity contribution in [3.05, 3.63) is 12.2 Å². The summed E-state index contributed by atoms with van der Waals surface area (Å²) >= 11 is 5.32. The molecule has 0 saturated heterocycles. The van der Waals surface area contributed by atoms with Gasteiger partial charge in [0.15, 0.2) is 0 Å². The molecule has 0 heterocycles. The Morgan fingerprint density at radius 2 is 1.56 bits per heavy atom. The molecule has 25 heavy (non-hydrogen) atoms. The lowest BCUT2D eigenvalue weighted by molar-refractivity contribution is -0.141. The van der Waals surface area contributed by atoms with E-state index >= 15 is 0 Å². The lowest BCUT2D eigenvalue weighted by Gasteiger charge is -2.15. The van der Waals surface area contributed by atoms with Crippen LogP contribution >= 0.6 is 11.6 Å². The molecule has 148 valence electrons. The normalized spacial score (nSPS) is 13.9. The van der Waals surface area contributed by atoms with Gasteiger partial charge in [-0.05, 0) is 12.8 Å². The van der Waals surface area contributed by atoms with Crippen LogP contribution in [0, 0.1) is 0 Å². The molecule has 2 unspecified atom stereocenters. The molecule has 0 rings (SSSR count). The van der Waals surface area contributed by atoms with Gasteiger partial charge in [-0.1, -0.05) is 83.3 Å². The maximum Gasteiger partial charge on any atom is 0.320 e. The summed E-state index contributed by atoms with van der Waals surface area (Å²) in [6, 6.07) is -0.610. The van der Waals surface area contributed by atoms with Crippen molar-refractivity contribution in [2.75, 3.05) is 12.5 Å². The molecule has 0 saturated carbocycles. The van der Waals surface area contributed by atoms with Crippen molar-refractivity contribution in [1.82, 2.24) is 0 Å². The van der Waals surface area contributed by atoms with Crippen molar-refractivity contribution in [3.63, 3.8) is 0 Å². The molecule has 5 heteroatoms. The van der Waals surface area contributed by atoms with Gasteiger partial charge in [-0.25, -0.2) is 0 Å². The smallest absolute Gasteiger partial charge is 0.320 e. The maximum atomic E-state index is 10.9. The zero-order valence-corrected chi connectivity index (χ0v) is 16.7. The van der Waals surface area contributed by atoms with Crippen LogP contribution in [0.2, 0.25) is 0 Å². The monoisotopic (exact) mass is 375 g/mol. The number of aliphatic hydroxyl groups is 1. The summed E-state index contributed by atoms with van der Waals surface area (Å²) in [6.07, 6.45) is 18.4. The third-order valence-electron chi connectivity index (χ3n) is 4.29. The molecule has 4 nitrogen and oxygen atoms in total. The quantitative estimate of drug-likeness (QED) is 0.167. The molecule has 0 aromatic rings. The summed E-state index contributed by atoms with van der Waals surface area (Å²) in [5, 5.41) is 9.84. The predicted octanol–water partition coefficient (Wildman–Crippen LogP) is 4.71. The van der Waals surface area contributed by atoms with Crippen molar-refractivity contribution in [2.45, 2.75) is 96.1 Å². The Bertz CT molecular complexity index is 337. The number of aliphatic hydroxyl groups excluding tert-OH is 1. The van der Waals surface area contributed by atoms with E-state index in [0.717, 1.165) is 12.8 Å². The van der Waals surface area contributed by atoms with Gasteiger partial charge in [0, 0.05) is 0 Å². The van der Waals surface area contributed by atoms with E-state index in [0.29, 0.717) is 0 Å². The third-order valence-corrected chi connectivity index (χ3v) is 4.51. The first-order valence-corrected chi connectivity index (χ1v) is 10.5. The Kier molecular flexibility index (Phi) is 17.8. The fraction of sp³-hybridized carbons (Fsp3) is 0.850. The van der Waals surface area contributed by atoms with Crippen LogP contribution in [0.1, 0.15) is 84.0 Å². The number of esters is 1. The number of carbonyl (C=O) groups is 1. The van der Waals surface area contributed by atoms with E-state index in [1.807, 2.05) is 6.08 Å². The van der Waals surface area contributed by atoms with Crippen molar-refractivity contribution < 1.29 is 14.6 Å². The van der Waals surface area contributed by atoms with Crippen LogP contribution in [0.5, 0.6) is 0 Å². The van der Waals surface area contributed by atoms with Crippen molar-refractivity contribution in [1.29, 1.82) is 0 Å². The third kappa shape index (κ3) is 16.6. The molecule has 0 radical (unpaired) electrons. The van der Waals surface area contributed by atoms with E-state index in [9.17, 15) is 9.90 Å². The van der Waals surface area contributed by atoms with E-state index < -0.39 is 18.1 Å². The lowest BCUT2D eigenvalue weighted by Crippen LogP contribution is -2.38. The molecule has 0 amide bonds. The Labute approximate surface area is 159 Å². The first-order chi connectivity index (χ1) is 12.1. The lowest BCUT2D eigenvalue weighted by atomic mass is 10.0. The summed E-state index contributed by atoms with van der Waals surface area (Å²) in [7, 11) is 0. The van der Waals surface area contributed by atoms with Crippen LogP contribution in [0.15, 0.2) is 12.2 Å². The topological polar surface area (TPSA) is 72.6 Å². The van der Waals surface area contributed by atoms with Gasteiger partial charge in [-0.15, -0.1) is 11.6 Å². The summed E-state index contributed by atoms with van der Waals surface area (Å²) in [5.74, 6) is -0.716. The van der Waals surface area contributed by atoms with E-state index in [4.69, 9.17) is 22.1 Å². The van der Waals surface area contributed by atoms with Gasteiger partial charge in [-0.2, -0.15) is 0 Å². The number of halogens is 1. The Morgan fingerprint density at radius 1 is 1.04 bits per heavy atom. The van der Waals surface area contributed by atoms with Gasteiger partial charge in [0.05, 0.1) is 12.1 Å². The Hall–Kier alpha value is -0.580. The Morgan fingerprint density at radius 3 is 2.08 bits per heavy atom. The number of carbonyl (C=O) groups excluding carboxylic acids is 1. The Balaban J connectivity index is 3.43. The zero-order chi connectivity index (χ0) is 18.8. The van der Waals surface area contributed by atoms with Crippen LogP contribution in [-0.2, 0) is 9.53 Å². The first-order valence-electron chi connectivity index (χ1n) is 9.93.